The van der Waals surface area contributed by atoms with E-state index in [0.717, 1.165) is 25.2 Å². The number of anilines is 1. The Balaban J connectivity index is 1.36. The SMILES string of the molecule is CCS(=O)(=O)N1C[C@H](C(=O)NCc2ccc(CN3CCCCC3)cc2)Oc2ccccc21. The highest BCUT2D eigenvalue weighted by Gasteiger charge is 2.35. The first-order valence-electron chi connectivity index (χ1n) is 11.3. The number of hydrogen-bond acceptors (Lipinski definition) is 5. The molecule has 1 fully saturated rings. The summed E-state index contributed by atoms with van der Waals surface area (Å²) in [5, 5.41) is 2.89. The molecule has 2 aromatic carbocycles. The minimum Gasteiger partial charge on any atom is -0.476 e. The summed E-state index contributed by atoms with van der Waals surface area (Å²) in [6.45, 7) is 5.21. The summed E-state index contributed by atoms with van der Waals surface area (Å²) in [7, 11) is -3.52. The summed E-state index contributed by atoms with van der Waals surface area (Å²) in [6, 6.07) is 15.2. The van der Waals surface area contributed by atoms with Gasteiger partial charge < -0.3 is 10.1 Å². The number of carbonyl (C=O) groups is 1. The quantitative estimate of drug-likeness (QED) is 0.692. The molecule has 0 spiro atoms. The minimum atomic E-state index is -3.52. The van der Waals surface area contributed by atoms with Gasteiger partial charge in [-0.25, -0.2) is 8.42 Å². The van der Waals surface area contributed by atoms with Gasteiger partial charge in [-0.1, -0.05) is 42.8 Å². The lowest BCUT2D eigenvalue weighted by molar-refractivity contribution is -0.127. The van der Waals surface area contributed by atoms with Gasteiger partial charge in [0.05, 0.1) is 18.0 Å². The third kappa shape index (κ3) is 5.24. The Morgan fingerprint density at radius 1 is 1.03 bits per heavy atom. The van der Waals surface area contributed by atoms with Crippen molar-refractivity contribution in [3.63, 3.8) is 0 Å². The van der Waals surface area contributed by atoms with E-state index in [1.807, 2.05) is 12.1 Å². The Labute approximate surface area is 190 Å². The van der Waals surface area contributed by atoms with Crippen LogP contribution in [0.3, 0.4) is 0 Å². The number of fused-ring (bicyclic) bond motifs is 1. The molecule has 8 heteroatoms. The van der Waals surface area contributed by atoms with Gasteiger partial charge in [-0.3, -0.25) is 14.0 Å². The summed E-state index contributed by atoms with van der Waals surface area (Å²) in [6.07, 6.45) is 2.97. The smallest absolute Gasteiger partial charge is 0.263 e. The van der Waals surface area contributed by atoms with E-state index in [0.29, 0.717) is 18.0 Å². The van der Waals surface area contributed by atoms with Gasteiger partial charge in [0.2, 0.25) is 10.0 Å². The van der Waals surface area contributed by atoms with Gasteiger partial charge in [-0.2, -0.15) is 0 Å². The number of piperidine rings is 1. The zero-order valence-electron chi connectivity index (χ0n) is 18.5. The van der Waals surface area contributed by atoms with Crippen LogP contribution in [0.4, 0.5) is 5.69 Å². The molecule has 32 heavy (non-hydrogen) atoms. The molecule has 1 atom stereocenters. The molecule has 0 unspecified atom stereocenters. The van der Waals surface area contributed by atoms with Crippen LogP contribution in [0.2, 0.25) is 0 Å². The van der Waals surface area contributed by atoms with Crippen molar-refractivity contribution in [1.29, 1.82) is 0 Å². The third-order valence-electron chi connectivity index (χ3n) is 6.07. The van der Waals surface area contributed by atoms with Crippen LogP contribution in [0.1, 0.15) is 37.3 Å². The molecule has 2 aromatic rings. The van der Waals surface area contributed by atoms with Gasteiger partial charge >= 0.3 is 0 Å². The fraction of sp³-hybridized carbons (Fsp3) is 0.458. The number of nitrogens with one attached hydrogen (secondary N) is 1. The molecular formula is C24H31N3O4S. The highest BCUT2D eigenvalue weighted by molar-refractivity contribution is 7.92. The molecule has 1 amide bonds. The summed E-state index contributed by atoms with van der Waals surface area (Å²) in [4.78, 5) is 15.3. The molecule has 0 saturated carbocycles. The Morgan fingerprint density at radius 2 is 1.72 bits per heavy atom. The van der Waals surface area contributed by atoms with Gasteiger partial charge in [0.25, 0.3) is 5.91 Å². The van der Waals surface area contributed by atoms with E-state index in [1.54, 1.807) is 31.2 Å². The van der Waals surface area contributed by atoms with Crippen LogP contribution in [0, 0.1) is 0 Å². The Morgan fingerprint density at radius 3 is 2.44 bits per heavy atom. The number of benzene rings is 2. The van der Waals surface area contributed by atoms with E-state index in [1.165, 1.54) is 29.1 Å². The van der Waals surface area contributed by atoms with Crippen LogP contribution < -0.4 is 14.4 Å². The lowest BCUT2D eigenvalue weighted by Crippen LogP contribution is -2.50. The monoisotopic (exact) mass is 457 g/mol. The standard InChI is InChI=1S/C24H31N3O4S/c1-2-32(29,30)27-18-23(31-22-9-5-4-8-21(22)27)24(28)25-16-19-10-12-20(13-11-19)17-26-14-6-3-7-15-26/h4-5,8-13,23H,2-3,6-7,14-18H2,1H3,(H,25,28)/t23-/m1/s1. The molecule has 4 rings (SSSR count). The highest BCUT2D eigenvalue weighted by atomic mass is 32.2. The number of hydrogen-bond donors (Lipinski definition) is 1. The van der Waals surface area contributed by atoms with Crippen molar-refractivity contribution in [1.82, 2.24) is 10.2 Å². The number of likely N-dealkylation sites (tertiary alicyclic amines) is 1. The topological polar surface area (TPSA) is 79.0 Å². The number of amides is 1. The van der Waals surface area contributed by atoms with Crippen LogP contribution in [-0.4, -0.2) is 50.7 Å². The first kappa shape index (κ1) is 22.6. The van der Waals surface area contributed by atoms with E-state index < -0.39 is 16.1 Å². The van der Waals surface area contributed by atoms with Crippen molar-refractivity contribution in [2.75, 3.05) is 29.7 Å². The van der Waals surface area contributed by atoms with E-state index in [-0.39, 0.29) is 18.2 Å². The normalized spacial score (nSPS) is 19.2. The van der Waals surface area contributed by atoms with Crippen molar-refractivity contribution in [3.05, 3.63) is 59.7 Å². The molecule has 0 bridgehead atoms. The highest BCUT2D eigenvalue weighted by Crippen LogP contribution is 2.35. The van der Waals surface area contributed by atoms with Crippen LogP contribution in [0.25, 0.3) is 0 Å². The molecule has 1 saturated heterocycles. The largest absolute Gasteiger partial charge is 0.476 e. The Hall–Kier alpha value is -2.58. The summed E-state index contributed by atoms with van der Waals surface area (Å²) in [5.74, 6) is 0.0330. The minimum absolute atomic E-state index is 0.0339. The maximum absolute atomic E-state index is 12.8. The first-order valence-corrected chi connectivity index (χ1v) is 12.9. The van der Waals surface area contributed by atoms with E-state index in [4.69, 9.17) is 4.74 Å². The molecule has 1 N–H and O–H groups in total. The Kier molecular flexibility index (Phi) is 7.01. The molecule has 172 valence electrons. The molecule has 0 aromatic heterocycles. The summed E-state index contributed by atoms with van der Waals surface area (Å²) < 4.78 is 32.3. The molecule has 0 aliphatic carbocycles. The number of nitrogens with zero attached hydrogens (tertiary/aromatic N) is 2. The lowest BCUT2D eigenvalue weighted by Gasteiger charge is -2.34. The van der Waals surface area contributed by atoms with E-state index in [9.17, 15) is 13.2 Å². The van der Waals surface area contributed by atoms with Gasteiger partial charge in [-0.05, 0) is 56.1 Å². The van der Waals surface area contributed by atoms with Crippen molar-refractivity contribution < 1.29 is 17.9 Å². The van der Waals surface area contributed by atoms with Crippen LogP contribution in [0.5, 0.6) is 5.75 Å². The summed E-state index contributed by atoms with van der Waals surface area (Å²) in [5.41, 5.74) is 2.74. The van der Waals surface area contributed by atoms with E-state index >= 15 is 0 Å². The fourth-order valence-electron chi connectivity index (χ4n) is 4.20. The van der Waals surface area contributed by atoms with Crippen molar-refractivity contribution in [3.8, 4) is 5.75 Å². The van der Waals surface area contributed by atoms with Gasteiger partial charge in [-0.15, -0.1) is 0 Å². The maximum atomic E-state index is 12.8. The first-order chi connectivity index (χ1) is 15.5. The number of sulfonamides is 1. The molecule has 7 nitrogen and oxygen atoms in total. The molecule has 2 heterocycles. The molecule has 0 radical (unpaired) electrons. The van der Waals surface area contributed by atoms with Gasteiger partial charge in [0.1, 0.15) is 5.75 Å². The number of carbonyl (C=O) groups excluding carboxylic acids is 1. The van der Waals surface area contributed by atoms with Gasteiger partial charge in [0, 0.05) is 13.1 Å². The fourth-order valence-corrected chi connectivity index (χ4v) is 5.32. The Bertz CT molecular complexity index is 1030. The van der Waals surface area contributed by atoms with E-state index in [2.05, 4.69) is 22.3 Å². The van der Waals surface area contributed by atoms with Crippen molar-refractivity contribution in [2.24, 2.45) is 0 Å². The van der Waals surface area contributed by atoms with Crippen LogP contribution in [-0.2, 0) is 27.9 Å². The predicted molar refractivity (Wildman–Crippen MR) is 125 cm³/mol. The number of ether oxygens (including phenoxy) is 1. The van der Waals surface area contributed by atoms with Crippen molar-refractivity contribution in [2.45, 2.75) is 45.4 Å². The molecule has 2 aliphatic rings. The third-order valence-corrected chi connectivity index (χ3v) is 7.82. The van der Waals surface area contributed by atoms with Gasteiger partial charge in [0.15, 0.2) is 6.10 Å². The van der Waals surface area contributed by atoms with Crippen molar-refractivity contribution >= 4 is 21.6 Å². The second kappa shape index (κ2) is 9.92. The number of para-hydroxylation sites is 2. The average molecular weight is 458 g/mol. The molecular weight excluding hydrogens is 426 g/mol. The predicted octanol–water partition coefficient (Wildman–Crippen LogP) is 2.91. The maximum Gasteiger partial charge on any atom is 0.263 e. The van der Waals surface area contributed by atoms with Crippen LogP contribution >= 0.6 is 0 Å². The lowest BCUT2D eigenvalue weighted by atomic mass is 10.1. The van der Waals surface area contributed by atoms with Crippen LogP contribution in [0.15, 0.2) is 48.5 Å². The molecule has 2 aliphatic heterocycles. The zero-order valence-corrected chi connectivity index (χ0v) is 19.3. The number of rotatable bonds is 7. The second-order valence-electron chi connectivity index (χ2n) is 8.38. The zero-order chi connectivity index (χ0) is 22.6. The summed E-state index contributed by atoms with van der Waals surface area (Å²) >= 11 is 0. The average Bonchev–Trinajstić information content (AvgIpc) is 2.83. The second-order valence-corrected chi connectivity index (χ2v) is 10.6.